The third-order valence-corrected chi connectivity index (χ3v) is 3.74. The zero-order valence-corrected chi connectivity index (χ0v) is 11.0. The smallest absolute Gasteiger partial charge is 0.381 e. The number of alkyl halides is 3. The maximum atomic E-state index is 13.2. The normalized spacial score (nSPS) is 23.4. The number of hydrogen-bond acceptors (Lipinski definition) is 4. The summed E-state index contributed by atoms with van der Waals surface area (Å²) >= 11 is 0. The first-order valence-electron chi connectivity index (χ1n) is 6.81. The molecule has 2 aliphatic rings. The van der Waals surface area contributed by atoms with Gasteiger partial charge in [0.05, 0.1) is 12.3 Å². The van der Waals surface area contributed by atoms with E-state index >= 15 is 0 Å². The quantitative estimate of drug-likeness (QED) is 0.858. The summed E-state index contributed by atoms with van der Waals surface area (Å²) in [5.74, 6) is 0.169. The van der Waals surface area contributed by atoms with Crippen molar-refractivity contribution in [1.29, 1.82) is 0 Å². The molecule has 1 atom stereocenters. The highest BCUT2D eigenvalue weighted by Gasteiger charge is 2.38. The second-order valence-electron chi connectivity index (χ2n) is 5.19. The number of fused-ring (bicyclic) bond motifs is 1. The van der Waals surface area contributed by atoms with E-state index in [9.17, 15) is 13.2 Å². The highest BCUT2D eigenvalue weighted by atomic mass is 19.4. The molecule has 0 saturated carbocycles. The minimum absolute atomic E-state index is 0.120. The van der Waals surface area contributed by atoms with Crippen molar-refractivity contribution in [2.75, 3.05) is 19.8 Å². The fraction of sp³-hybridized carbons (Fsp3) is 0.692. The summed E-state index contributed by atoms with van der Waals surface area (Å²) in [5.41, 5.74) is -0.0499. The molecule has 0 aliphatic carbocycles. The monoisotopic (exact) mass is 287 g/mol. The molecule has 1 fully saturated rings. The Morgan fingerprint density at radius 1 is 1.25 bits per heavy atom. The van der Waals surface area contributed by atoms with Gasteiger partial charge in [0.25, 0.3) is 0 Å². The molecular formula is C13H16F3N3O. The molecule has 1 N–H and O–H groups in total. The molecule has 0 spiro atoms. The van der Waals surface area contributed by atoms with Crippen LogP contribution in [-0.2, 0) is 23.9 Å². The van der Waals surface area contributed by atoms with Crippen molar-refractivity contribution < 1.29 is 17.9 Å². The Bertz CT molecular complexity index is 498. The zero-order chi connectivity index (χ0) is 14.2. The van der Waals surface area contributed by atoms with Crippen LogP contribution in [0.2, 0.25) is 0 Å². The molecule has 110 valence electrons. The molecule has 1 unspecified atom stereocenters. The molecule has 0 bridgehead atoms. The fourth-order valence-corrected chi connectivity index (χ4v) is 2.72. The van der Waals surface area contributed by atoms with E-state index in [1.807, 2.05) is 0 Å². The lowest BCUT2D eigenvalue weighted by Crippen LogP contribution is -2.30. The summed E-state index contributed by atoms with van der Waals surface area (Å²) in [6.07, 6.45) is -2.29. The molecule has 0 radical (unpaired) electrons. The Kier molecular flexibility index (Phi) is 3.64. The molecule has 1 saturated heterocycles. The standard InChI is InChI=1S/C13H16F3N3O/c14-13(15,16)11-9-6-17-4-3-10(9)18-12(19-11)8-2-1-5-20-7-8/h8,17H,1-7H2. The molecule has 2 aliphatic heterocycles. The van der Waals surface area contributed by atoms with Gasteiger partial charge >= 0.3 is 6.18 Å². The Morgan fingerprint density at radius 2 is 2.10 bits per heavy atom. The van der Waals surface area contributed by atoms with E-state index in [-0.39, 0.29) is 23.9 Å². The molecule has 20 heavy (non-hydrogen) atoms. The van der Waals surface area contributed by atoms with Gasteiger partial charge in [-0.05, 0) is 12.8 Å². The van der Waals surface area contributed by atoms with Crippen LogP contribution < -0.4 is 5.32 Å². The van der Waals surface area contributed by atoms with E-state index in [2.05, 4.69) is 15.3 Å². The second-order valence-corrected chi connectivity index (χ2v) is 5.19. The van der Waals surface area contributed by atoms with E-state index in [1.165, 1.54) is 0 Å². The van der Waals surface area contributed by atoms with Gasteiger partial charge in [-0.3, -0.25) is 0 Å². The van der Waals surface area contributed by atoms with Crippen LogP contribution in [0.5, 0.6) is 0 Å². The molecule has 4 nitrogen and oxygen atoms in total. The Balaban J connectivity index is 2.03. The summed E-state index contributed by atoms with van der Waals surface area (Å²) in [7, 11) is 0. The third kappa shape index (κ3) is 2.64. The topological polar surface area (TPSA) is 47.0 Å². The van der Waals surface area contributed by atoms with Crippen LogP contribution in [0.4, 0.5) is 13.2 Å². The van der Waals surface area contributed by atoms with Gasteiger partial charge in [0, 0.05) is 37.6 Å². The summed E-state index contributed by atoms with van der Waals surface area (Å²) in [6.45, 7) is 1.92. The second kappa shape index (κ2) is 5.29. The lowest BCUT2D eigenvalue weighted by atomic mass is 9.99. The van der Waals surface area contributed by atoms with Crippen LogP contribution in [0, 0.1) is 0 Å². The maximum absolute atomic E-state index is 13.2. The predicted molar refractivity (Wildman–Crippen MR) is 65.2 cm³/mol. The molecule has 3 heterocycles. The Labute approximate surface area is 114 Å². The predicted octanol–water partition coefficient (Wildman–Crippen LogP) is 2.04. The van der Waals surface area contributed by atoms with Crippen LogP contribution in [0.15, 0.2) is 0 Å². The van der Waals surface area contributed by atoms with E-state index in [0.717, 1.165) is 12.8 Å². The lowest BCUT2D eigenvalue weighted by Gasteiger charge is -2.25. The SMILES string of the molecule is FC(F)(F)c1nc(C2CCCOC2)nc2c1CNCC2. The van der Waals surface area contributed by atoms with E-state index in [0.29, 0.717) is 31.9 Å². The van der Waals surface area contributed by atoms with Gasteiger partial charge < -0.3 is 10.1 Å². The number of hydrogen-bond donors (Lipinski definition) is 1. The van der Waals surface area contributed by atoms with Crippen molar-refractivity contribution in [2.45, 2.75) is 37.9 Å². The number of ether oxygens (including phenoxy) is 1. The lowest BCUT2D eigenvalue weighted by molar-refractivity contribution is -0.142. The van der Waals surface area contributed by atoms with E-state index in [1.54, 1.807) is 0 Å². The minimum atomic E-state index is -4.43. The summed E-state index contributed by atoms with van der Waals surface area (Å²) in [5, 5.41) is 2.95. The number of nitrogens with one attached hydrogen (secondary N) is 1. The van der Waals surface area contributed by atoms with Gasteiger partial charge in [-0.1, -0.05) is 0 Å². The van der Waals surface area contributed by atoms with Crippen molar-refractivity contribution in [2.24, 2.45) is 0 Å². The van der Waals surface area contributed by atoms with Crippen LogP contribution >= 0.6 is 0 Å². The first-order valence-corrected chi connectivity index (χ1v) is 6.81. The minimum Gasteiger partial charge on any atom is -0.381 e. The first-order chi connectivity index (χ1) is 9.55. The van der Waals surface area contributed by atoms with Crippen molar-refractivity contribution >= 4 is 0 Å². The molecule has 3 rings (SSSR count). The number of rotatable bonds is 1. The fourth-order valence-electron chi connectivity index (χ4n) is 2.72. The first kappa shape index (κ1) is 13.8. The van der Waals surface area contributed by atoms with Gasteiger partial charge in [0.1, 0.15) is 5.82 Å². The summed E-state index contributed by atoms with van der Waals surface area (Å²) < 4.78 is 44.9. The van der Waals surface area contributed by atoms with Crippen LogP contribution in [0.25, 0.3) is 0 Å². The van der Waals surface area contributed by atoms with E-state index in [4.69, 9.17) is 4.74 Å². The summed E-state index contributed by atoms with van der Waals surface area (Å²) in [4.78, 5) is 8.20. The Morgan fingerprint density at radius 3 is 2.80 bits per heavy atom. The van der Waals surface area contributed by atoms with Gasteiger partial charge in [-0.25, -0.2) is 9.97 Å². The Hall–Kier alpha value is -1.21. The number of nitrogens with zero attached hydrogens (tertiary/aromatic N) is 2. The number of aromatic nitrogens is 2. The summed E-state index contributed by atoms with van der Waals surface area (Å²) in [6, 6.07) is 0. The molecule has 7 heteroatoms. The van der Waals surface area contributed by atoms with Crippen molar-refractivity contribution in [3.8, 4) is 0 Å². The van der Waals surface area contributed by atoms with Crippen LogP contribution in [0.3, 0.4) is 0 Å². The molecule has 0 aromatic carbocycles. The van der Waals surface area contributed by atoms with Gasteiger partial charge in [0.2, 0.25) is 0 Å². The highest BCUT2D eigenvalue weighted by molar-refractivity contribution is 5.31. The molecule has 1 aromatic heterocycles. The zero-order valence-electron chi connectivity index (χ0n) is 11.0. The largest absolute Gasteiger partial charge is 0.433 e. The highest BCUT2D eigenvalue weighted by Crippen LogP contribution is 2.34. The van der Waals surface area contributed by atoms with Gasteiger partial charge in [-0.15, -0.1) is 0 Å². The number of halogens is 3. The maximum Gasteiger partial charge on any atom is 0.433 e. The van der Waals surface area contributed by atoms with Crippen molar-refractivity contribution in [1.82, 2.24) is 15.3 Å². The van der Waals surface area contributed by atoms with E-state index < -0.39 is 11.9 Å². The van der Waals surface area contributed by atoms with Crippen molar-refractivity contribution in [3.05, 3.63) is 22.8 Å². The average molecular weight is 287 g/mol. The van der Waals surface area contributed by atoms with Gasteiger partial charge in [0.15, 0.2) is 5.69 Å². The van der Waals surface area contributed by atoms with Gasteiger partial charge in [-0.2, -0.15) is 13.2 Å². The molecular weight excluding hydrogens is 271 g/mol. The van der Waals surface area contributed by atoms with Crippen LogP contribution in [0.1, 0.15) is 41.5 Å². The molecule has 1 aromatic rings. The molecule has 0 amide bonds. The third-order valence-electron chi connectivity index (χ3n) is 3.74. The average Bonchev–Trinajstić information content (AvgIpc) is 2.46. The van der Waals surface area contributed by atoms with Crippen molar-refractivity contribution in [3.63, 3.8) is 0 Å². The van der Waals surface area contributed by atoms with Crippen LogP contribution in [-0.4, -0.2) is 29.7 Å².